The maximum absolute atomic E-state index is 13.2. The highest BCUT2D eigenvalue weighted by molar-refractivity contribution is 8.18. The van der Waals surface area contributed by atoms with Crippen LogP contribution in [0.4, 0.5) is 4.79 Å². The Morgan fingerprint density at radius 2 is 1.62 bits per heavy atom. The predicted octanol–water partition coefficient (Wildman–Crippen LogP) is 7.10. The van der Waals surface area contributed by atoms with Crippen molar-refractivity contribution in [2.24, 2.45) is 0 Å². The molecule has 0 aliphatic carbocycles. The van der Waals surface area contributed by atoms with Crippen LogP contribution in [-0.4, -0.2) is 20.6 Å². The van der Waals surface area contributed by atoms with Gasteiger partial charge in [0.05, 0.1) is 11.4 Å². The van der Waals surface area contributed by atoms with E-state index in [1.165, 1.54) is 16.0 Å². The summed E-state index contributed by atoms with van der Waals surface area (Å²) in [7, 11) is 0. The van der Waals surface area contributed by atoms with Crippen molar-refractivity contribution in [3.63, 3.8) is 0 Å². The van der Waals surface area contributed by atoms with E-state index in [0.717, 1.165) is 50.7 Å². The van der Waals surface area contributed by atoms with Gasteiger partial charge in [-0.15, -0.1) is 0 Å². The minimum Gasteiger partial charge on any atom is -0.318 e. The zero-order chi connectivity index (χ0) is 24.0. The van der Waals surface area contributed by atoms with E-state index >= 15 is 0 Å². The van der Waals surface area contributed by atoms with Crippen molar-refractivity contribution < 1.29 is 9.59 Å². The Bertz CT molecular complexity index is 1490. The Balaban J connectivity index is 1.47. The number of rotatable bonds is 4. The molecule has 2 amide bonds. The van der Waals surface area contributed by atoms with E-state index in [2.05, 4.69) is 56.5 Å². The lowest BCUT2D eigenvalue weighted by molar-refractivity contribution is -0.123. The maximum atomic E-state index is 13.2. The van der Waals surface area contributed by atoms with E-state index in [-0.39, 0.29) is 17.7 Å². The Morgan fingerprint density at radius 3 is 2.44 bits per heavy atom. The van der Waals surface area contributed by atoms with Crippen molar-refractivity contribution >= 4 is 39.8 Å². The summed E-state index contributed by atoms with van der Waals surface area (Å²) in [4.78, 5) is 27.9. The molecule has 3 aromatic carbocycles. The van der Waals surface area contributed by atoms with Crippen molar-refractivity contribution in [1.29, 1.82) is 0 Å². The van der Waals surface area contributed by atoms with Crippen LogP contribution in [0.15, 0.2) is 71.6 Å². The zero-order valence-electron chi connectivity index (χ0n) is 19.8. The fourth-order valence-corrected chi connectivity index (χ4v) is 5.49. The zero-order valence-corrected chi connectivity index (χ0v) is 20.6. The summed E-state index contributed by atoms with van der Waals surface area (Å²) in [6.45, 7) is 8.63. The lowest BCUT2D eigenvalue weighted by Gasteiger charge is -2.14. The molecule has 0 bridgehead atoms. The highest BCUT2D eigenvalue weighted by Gasteiger charge is 2.35. The smallest absolute Gasteiger partial charge is 0.293 e. The number of imide groups is 1. The number of nitrogens with zero attached hydrogens (tertiary/aromatic N) is 2. The first kappa shape index (κ1) is 22.2. The van der Waals surface area contributed by atoms with Crippen LogP contribution in [0, 0.1) is 27.7 Å². The average Bonchev–Trinajstić information content (AvgIpc) is 3.25. The van der Waals surface area contributed by atoms with Crippen molar-refractivity contribution in [3.05, 3.63) is 105 Å². The third-order valence-corrected chi connectivity index (χ3v) is 7.56. The number of hydrogen-bond donors (Lipinski definition) is 0. The van der Waals surface area contributed by atoms with Crippen molar-refractivity contribution in [3.8, 4) is 5.69 Å². The van der Waals surface area contributed by atoms with Gasteiger partial charge < -0.3 is 4.57 Å². The quantitative estimate of drug-likeness (QED) is 0.301. The number of benzene rings is 3. The van der Waals surface area contributed by atoms with Gasteiger partial charge in [-0.2, -0.15) is 0 Å². The molecule has 0 radical (unpaired) electrons. The summed E-state index contributed by atoms with van der Waals surface area (Å²) in [6.07, 6.45) is 1.86. The molecule has 0 N–H and O–H groups in total. The van der Waals surface area contributed by atoms with Gasteiger partial charge >= 0.3 is 0 Å². The minimum absolute atomic E-state index is 0.229. The van der Waals surface area contributed by atoms with Gasteiger partial charge in [0.1, 0.15) is 0 Å². The first-order chi connectivity index (χ1) is 16.3. The number of fused-ring (bicyclic) bond motifs is 1. The fraction of sp³-hybridized carbons (Fsp3) is 0.172. The molecular weight excluding hydrogens is 440 g/mol. The standard InChI is InChI=1S/C29H26N2O2S/c1-18-9-7-14-26(20(18)3)31-19(2)15-24(21(31)4)16-27-28(32)30(29(33)34-27)17-23-12-8-11-22-10-5-6-13-25(22)23/h5-16H,17H2,1-4H3/b27-16+. The van der Waals surface area contributed by atoms with Crippen LogP contribution in [-0.2, 0) is 11.3 Å². The molecule has 1 saturated heterocycles. The molecule has 0 atom stereocenters. The largest absolute Gasteiger partial charge is 0.318 e. The van der Waals surface area contributed by atoms with Crippen molar-refractivity contribution in [1.82, 2.24) is 9.47 Å². The van der Waals surface area contributed by atoms with E-state index in [1.807, 2.05) is 48.5 Å². The number of aryl methyl sites for hydroxylation is 2. The Morgan fingerprint density at radius 1 is 0.882 bits per heavy atom. The first-order valence-corrected chi connectivity index (χ1v) is 12.1. The highest BCUT2D eigenvalue weighted by atomic mass is 32.2. The van der Waals surface area contributed by atoms with Crippen LogP contribution in [0.1, 0.15) is 33.6 Å². The first-order valence-electron chi connectivity index (χ1n) is 11.3. The Kier molecular flexibility index (Phi) is 5.66. The van der Waals surface area contributed by atoms with Gasteiger partial charge in [-0.25, -0.2) is 0 Å². The Labute approximate surface area is 203 Å². The lowest BCUT2D eigenvalue weighted by atomic mass is 10.0. The molecule has 0 saturated carbocycles. The second-order valence-electron chi connectivity index (χ2n) is 8.79. The topological polar surface area (TPSA) is 42.3 Å². The summed E-state index contributed by atoms with van der Waals surface area (Å²) in [5, 5.41) is 1.93. The van der Waals surface area contributed by atoms with Crippen LogP contribution in [0.25, 0.3) is 22.5 Å². The second kappa shape index (κ2) is 8.65. The number of hydrogen-bond acceptors (Lipinski definition) is 3. The number of amides is 2. The molecule has 1 aliphatic heterocycles. The molecule has 2 heterocycles. The average molecular weight is 467 g/mol. The second-order valence-corrected chi connectivity index (χ2v) is 9.78. The van der Waals surface area contributed by atoms with Crippen molar-refractivity contribution in [2.45, 2.75) is 34.2 Å². The van der Waals surface area contributed by atoms with Gasteiger partial charge in [-0.05, 0) is 90.7 Å². The molecule has 0 unspecified atom stereocenters. The summed E-state index contributed by atoms with van der Waals surface area (Å²) in [5.41, 5.74) is 7.66. The number of thioether (sulfide) groups is 1. The summed E-state index contributed by atoms with van der Waals surface area (Å²) >= 11 is 1.02. The predicted molar refractivity (Wildman–Crippen MR) is 140 cm³/mol. The van der Waals surface area contributed by atoms with Crippen LogP contribution < -0.4 is 0 Å². The lowest BCUT2D eigenvalue weighted by Crippen LogP contribution is -2.27. The van der Waals surface area contributed by atoms with Gasteiger partial charge in [0.2, 0.25) is 0 Å². The fourth-order valence-electron chi connectivity index (χ4n) is 4.66. The molecular formula is C29H26N2O2S. The van der Waals surface area contributed by atoms with Gasteiger partial charge in [0.25, 0.3) is 11.1 Å². The molecule has 1 aliphatic rings. The van der Waals surface area contributed by atoms with E-state index < -0.39 is 0 Å². The normalized spacial score (nSPS) is 15.2. The van der Waals surface area contributed by atoms with Crippen LogP contribution in [0.5, 0.6) is 0 Å². The van der Waals surface area contributed by atoms with Gasteiger partial charge in [-0.1, -0.05) is 54.6 Å². The van der Waals surface area contributed by atoms with Crippen LogP contribution in [0.3, 0.4) is 0 Å². The van der Waals surface area contributed by atoms with E-state index in [4.69, 9.17) is 0 Å². The van der Waals surface area contributed by atoms with E-state index in [0.29, 0.717) is 4.91 Å². The molecule has 170 valence electrons. The molecule has 0 spiro atoms. The third kappa shape index (κ3) is 3.76. The monoisotopic (exact) mass is 466 g/mol. The Hall–Kier alpha value is -3.57. The number of carbonyl (C=O) groups is 2. The molecule has 4 aromatic rings. The summed E-state index contributed by atoms with van der Waals surface area (Å²) < 4.78 is 2.22. The SMILES string of the molecule is Cc1cccc(-n2c(C)cc(/C=C3/SC(=O)N(Cc4cccc5ccccc45)C3=O)c2C)c1C. The van der Waals surface area contributed by atoms with Crippen molar-refractivity contribution in [2.75, 3.05) is 0 Å². The molecule has 5 heteroatoms. The van der Waals surface area contributed by atoms with Crippen LogP contribution in [0.2, 0.25) is 0 Å². The third-order valence-electron chi connectivity index (χ3n) is 6.66. The van der Waals surface area contributed by atoms with Gasteiger partial charge in [0, 0.05) is 17.1 Å². The highest BCUT2D eigenvalue weighted by Crippen LogP contribution is 2.35. The molecule has 5 rings (SSSR count). The summed E-state index contributed by atoms with van der Waals surface area (Å²) in [6, 6.07) is 22.4. The van der Waals surface area contributed by atoms with E-state index in [9.17, 15) is 9.59 Å². The molecule has 1 fully saturated rings. The number of aromatic nitrogens is 1. The molecule has 4 nitrogen and oxygen atoms in total. The van der Waals surface area contributed by atoms with Gasteiger partial charge in [-0.3, -0.25) is 14.5 Å². The maximum Gasteiger partial charge on any atom is 0.293 e. The van der Waals surface area contributed by atoms with Crippen LogP contribution >= 0.6 is 11.8 Å². The minimum atomic E-state index is -0.237. The van der Waals surface area contributed by atoms with E-state index in [1.54, 1.807) is 0 Å². The number of carbonyl (C=O) groups excluding carboxylic acids is 2. The van der Waals surface area contributed by atoms with Gasteiger partial charge in [0.15, 0.2) is 0 Å². The summed E-state index contributed by atoms with van der Waals surface area (Å²) in [5.74, 6) is -0.237. The molecule has 34 heavy (non-hydrogen) atoms. The molecule has 1 aromatic heterocycles.